The molecule has 0 aromatic heterocycles. The molecule has 0 spiro atoms. The summed E-state index contributed by atoms with van der Waals surface area (Å²) in [5, 5.41) is 0.214. The number of hydrogen-bond donors (Lipinski definition) is 1. The number of hydrogen-bond acceptors (Lipinski definition) is 3. The number of nitrogens with zero attached hydrogens (tertiary/aromatic N) is 1. The Morgan fingerprint density at radius 2 is 2.06 bits per heavy atom. The second-order valence-corrected chi connectivity index (χ2v) is 6.48. The van der Waals surface area contributed by atoms with Crippen LogP contribution >= 0.6 is 23.8 Å². The molecule has 18 heavy (non-hydrogen) atoms. The van der Waals surface area contributed by atoms with E-state index in [0.29, 0.717) is 18.0 Å². The first kappa shape index (κ1) is 15.4. The van der Waals surface area contributed by atoms with Gasteiger partial charge in [-0.25, -0.2) is 8.42 Å². The van der Waals surface area contributed by atoms with Crippen LogP contribution < -0.4 is 5.73 Å². The van der Waals surface area contributed by atoms with E-state index in [1.807, 2.05) is 0 Å². The number of rotatable bonds is 6. The maximum absolute atomic E-state index is 12.4. The molecule has 0 fully saturated rings. The van der Waals surface area contributed by atoms with Gasteiger partial charge in [0.25, 0.3) is 0 Å². The highest BCUT2D eigenvalue weighted by molar-refractivity contribution is 7.89. The van der Waals surface area contributed by atoms with Crippen LogP contribution in [-0.4, -0.2) is 30.8 Å². The Hall–Kier alpha value is -0.690. The van der Waals surface area contributed by atoms with Gasteiger partial charge >= 0.3 is 0 Å². The first-order valence-electron chi connectivity index (χ1n) is 5.42. The molecule has 1 aromatic rings. The van der Waals surface area contributed by atoms with Gasteiger partial charge in [0, 0.05) is 19.5 Å². The van der Waals surface area contributed by atoms with Crippen molar-refractivity contribution in [3.8, 4) is 0 Å². The molecule has 0 radical (unpaired) electrons. The van der Waals surface area contributed by atoms with Crippen molar-refractivity contribution in [1.82, 2.24) is 4.31 Å². The van der Waals surface area contributed by atoms with E-state index in [4.69, 9.17) is 29.6 Å². The molecular formula is C11H15ClN2O2S2. The van der Waals surface area contributed by atoms with Crippen molar-refractivity contribution in [3.63, 3.8) is 0 Å². The fourth-order valence-corrected chi connectivity index (χ4v) is 3.51. The molecule has 0 saturated carbocycles. The molecule has 1 rings (SSSR count). The van der Waals surface area contributed by atoms with Gasteiger partial charge in [0.1, 0.15) is 4.90 Å². The van der Waals surface area contributed by atoms with Crippen LogP contribution in [0.15, 0.2) is 29.2 Å². The largest absolute Gasteiger partial charge is 0.393 e. The van der Waals surface area contributed by atoms with E-state index in [-0.39, 0.29) is 16.5 Å². The Bertz CT molecular complexity index is 532. The molecule has 7 heteroatoms. The van der Waals surface area contributed by atoms with Crippen LogP contribution in [0, 0.1) is 0 Å². The van der Waals surface area contributed by atoms with Crippen LogP contribution in [0.25, 0.3) is 0 Å². The Morgan fingerprint density at radius 3 is 2.56 bits per heavy atom. The van der Waals surface area contributed by atoms with E-state index in [9.17, 15) is 8.42 Å². The second kappa shape index (κ2) is 6.47. The number of thiocarbonyl (C=S) groups is 1. The zero-order chi connectivity index (χ0) is 13.8. The minimum atomic E-state index is -3.59. The van der Waals surface area contributed by atoms with Gasteiger partial charge in [0.2, 0.25) is 10.0 Å². The van der Waals surface area contributed by atoms with Crippen LogP contribution in [0.2, 0.25) is 5.02 Å². The first-order chi connectivity index (χ1) is 8.39. The van der Waals surface area contributed by atoms with Gasteiger partial charge in [0.15, 0.2) is 0 Å². The lowest BCUT2D eigenvalue weighted by Gasteiger charge is -2.20. The number of sulfonamides is 1. The molecule has 2 N–H and O–H groups in total. The summed E-state index contributed by atoms with van der Waals surface area (Å²) in [6.45, 7) is 2.36. The van der Waals surface area contributed by atoms with Crippen LogP contribution in [0.5, 0.6) is 0 Å². The Labute approximate surface area is 118 Å². The van der Waals surface area contributed by atoms with Crippen molar-refractivity contribution in [2.75, 3.05) is 13.1 Å². The standard InChI is InChI=1S/C11H15ClN2O2S2/c1-2-14(8-7-11(13)17)18(15,16)10-6-4-3-5-9(10)12/h3-6H,2,7-8H2,1H3,(H2,13,17). The minimum Gasteiger partial charge on any atom is -0.393 e. The monoisotopic (exact) mass is 306 g/mol. The summed E-state index contributed by atoms with van der Waals surface area (Å²) in [7, 11) is -3.59. The van der Waals surface area contributed by atoms with E-state index in [2.05, 4.69) is 0 Å². The summed E-state index contributed by atoms with van der Waals surface area (Å²) in [6.07, 6.45) is 0.354. The maximum atomic E-state index is 12.4. The Morgan fingerprint density at radius 1 is 1.44 bits per heavy atom. The van der Waals surface area contributed by atoms with E-state index < -0.39 is 10.0 Å². The van der Waals surface area contributed by atoms with Crippen LogP contribution in [0.4, 0.5) is 0 Å². The third-order valence-electron chi connectivity index (χ3n) is 2.41. The van der Waals surface area contributed by atoms with Gasteiger partial charge in [-0.15, -0.1) is 0 Å². The third kappa shape index (κ3) is 3.65. The van der Waals surface area contributed by atoms with Gasteiger partial charge in [0.05, 0.1) is 10.0 Å². The fourth-order valence-electron chi connectivity index (χ4n) is 1.48. The van der Waals surface area contributed by atoms with Crippen molar-refractivity contribution in [1.29, 1.82) is 0 Å². The highest BCUT2D eigenvalue weighted by Gasteiger charge is 2.24. The summed E-state index contributed by atoms with van der Waals surface area (Å²) >= 11 is 10.7. The van der Waals surface area contributed by atoms with Crippen molar-refractivity contribution in [2.45, 2.75) is 18.2 Å². The Kier molecular flexibility index (Phi) is 5.52. The average Bonchev–Trinajstić information content (AvgIpc) is 2.29. The summed E-state index contributed by atoms with van der Waals surface area (Å²) in [5.74, 6) is 0. The molecule has 0 saturated heterocycles. The minimum absolute atomic E-state index is 0.108. The normalized spacial score (nSPS) is 11.7. The third-order valence-corrected chi connectivity index (χ3v) is 5.09. The molecule has 0 bridgehead atoms. The SMILES string of the molecule is CCN(CCC(N)=S)S(=O)(=O)c1ccccc1Cl. The average molecular weight is 307 g/mol. The molecular weight excluding hydrogens is 292 g/mol. The Balaban J connectivity index is 3.04. The quantitative estimate of drug-likeness (QED) is 0.817. The summed E-state index contributed by atoms with van der Waals surface area (Å²) in [4.78, 5) is 0.402. The first-order valence-corrected chi connectivity index (χ1v) is 7.65. The summed E-state index contributed by atoms with van der Waals surface area (Å²) in [5.41, 5.74) is 5.39. The van der Waals surface area contributed by atoms with E-state index in [0.717, 1.165) is 0 Å². The smallest absolute Gasteiger partial charge is 0.244 e. The van der Waals surface area contributed by atoms with Crippen molar-refractivity contribution in [3.05, 3.63) is 29.3 Å². The van der Waals surface area contributed by atoms with Gasteiger partial charge in [-0.05, 0) is 12.1 Å². The number of nitrogens with two attached hydrogens (primary N) is 1. The molecule has 0 unspecified atom stereocenters. The zero-order valence-corrected chi connectivity index (χ0v) is 12.4. The van der Waals surface area contributed by atoms with Crippen LogP contribution in [0.1, 0.15) is 13.3 Å². The van der Waals surface area contributed by atoms with Crippen molar-refractivity contribution >= 4 is 38.8 Å². The second-order valence-electron chi connectivity index (χ2n) is 3.64. The van der Waals surface area contributed by atoms with Gasteiger partial charge in [-0.1, -0.05) is 42.9 Å². The van der Waals surface area contributed by atoms with Crippen molar-refractivity contribution in [2.24, 2.45) is 5.73 Å². The number of benzene rings is 1. The van der Waals surface area contributed by atoms with Gasteiger partial charge < -0.3 is 5.73 Å². The lowest BCUT2D eigenvalue weighted by molar-refractivity contribution is 0.437. The fraction of sp³-hybridized carbons (Fsp3) is 0.364. The van der Waals surface area contributed by atoms with E-state index >= 15 is 0 Å². The topological polar surface area (TPSA) is 63.4 Å². The lowest BCUT2D eigenvalue weighted by atomic mass is 10.4. The zero-order valence-electron chi connectivity index (χ0n) is 9.97. The molecule has 0 aliphatic carbocycles. The van der Waals surface area contributed by atoms with Gasteiger partial charge in [-0.2, -0.15) is 4.31 Å². The number of halogens is 1. The summed E-state index contributed by atoms with van der Waals surface area (Å²) in [6, 6.07) is 6.36. The molecule has 0 aliphatic rings. The van der Waals surface area contributed by atoms with Crippen LogP contribution in [-0.2, 0) is 10.0 Å². The molecule has 0 aliphatic heterocycles. The highest BCUT2D eigenvalue weighted by Crippen LogP contribution is 2.24. The molecule has 0 heterocycles. The highest BCUT2D eigenvalue weighted by atomic mass is 35.5. The molecule has 100 valence electrons. The molecule has 1 aromatic carbocycles. The predicted octanol–water partition coefficient (Wildman–Crippen LogP) is 2.03. The molecule has 0 atom stereocenters. The molecule has 4 nitrogen and oxygen atoms in total. The lowest BCUT2D eigenvalue weighted by Crippen LogP contribution is -2.33. The van der Waals surface area contributed by atoms with E-state index in [1.54, 1.807) is 25.1 Å². The van der Waals surface area contributed by atoms with E-state index in [1.165, 1.54) is 10.4 Å². The summed E-state index contributed by atoms with van der Waals surface area (Å²) < 4.78 is 26.0. The van der Waals surface area contributed by atoms with Gasteiger partial charge in [-0.3, -0.25) is 0 Å². The predicted molar refractivity (Wildman–Crippen MR) is 77.3 cm³/mol. The van der Waals surface area contributed by atoms with Crippen molar-refractivity contribution < 1.29 is 8.42 Å². The molecule has 0 amide bonds. The maximum Gasteiger partial charge on any atom is 0.244 e. The van der Waals surface area contributed by atoms with Crippen LogP contribution in [0.3, 0.4) is 0 Å².